The lowest BCUT2D eigenvalue weighted by molar-refractivity contribution is 0.120. The van der Waals surface area contributed by atoms with Gasteiger partial charge in [-0.15, -0.1) is 0 Å². The van der Waals surface area contributed by atoms with Gasteiger partial charge in [0.2, 0.25) is 5.88 Å². The van der Waals surface area contributed by atoms with Gasteiger partial charge < -0.3 is 19.9 Å². The summed E-state index contributed by atoms with van der Waals surface area (Å²) >= 11 is 11.8. The van der Waals surface area contributed by atoms with Gasteiger partial charge in [0.1, 0.15) is 16.6 Å². The minimum atomic E-state index is -1.04. The highest BCUT2D eigenvalue weighted by molar-refractivity contribution is 6.34. The van der Waals surface area contributed by atoms with Crippen LogP contribution in [0.3, 0.4) is 0 Å². The first-order chi connectivity index (χ1) is 10.9. The van der Waals surface area contributed by atoms with E-state index in [0.717, 1.165) is 13.2 Å². The van der Waals surface area contributed by atoms with Gasteiger partial charge >= 0.3 is 6.16 Å². The average Bonchev–Trinajstić information content (AvgIpc) is 2.51. The van der Waals surface area contributed by atoms with Gasteiger partial charge in [-0.1, -0.05) is 23.2 Å². The monoisotopic (exact) mass is 360 g/mol. The van der Waals surface area contributed by atoms with E-state index >= 15 is 0 Å². The van der Waals surface area contributed by atoms with Crippen LogP contribution in [0.1, 0.15) is 0 Å². The molecule has 0 aliphatic rings. The molecule has 23 heavy (non-hydrogen) atoms. The Morgan fingerprint density at radius 3 is 2.57 bits per heavy atom. The van der Waals surface area contributed by atoms with Crippen molar-refractivity contribution in [2.45, 2.75) is 0 Å². The maximum atomic E-state index is 14.2. The molecule has 0 aliphatic heterocycles. The number of hydrogen-bond acceptors (Lipinski definition) is 6. The molecule has 2 rings (SSSR count). The SMILES string of the molecule is COC(=O)Oc1nc(-c2cc(OC)c(Cl)cc2F)cc(N)c1Cl. The van der Waals surface area contributed by atoms with Crippen LogP contribution in [0, 0.1) is 5.82 Å². The number of carbonyl (C=O) groups excluding carboxylic acids is 1. The fourth-order valence-electron chi connectivity index (χ4n) is 1.73. The number of carbonyl (C=O) groups is 1. The van der Waals surface area contributed by atoms with E-state index < -0.39 is 12.0 Å². The molecule has 2 N–H and O–H groups in total. The summed E-state index contributed by atoms with van der Waals surface area (Å²) in [4.78, 5) is 15.2. The van der Waals surface area contributed by atoms with Gasteiger partial charge in [-0.2, -0.15) is 0 Å². The van der Waals surface area contributed by atoms with E-state index in [1.807, 2.05) is 0 Å². The highest BCUT2D eigenvalue weighted by Crippen LogP contribution is 2.37. The number of ether oxygens (including phenoxy) is 3. The molecule has 0 unspecified atom stereocenters. The van der Waals surface area contributed by atoms with Gasteiger partial charge in [0.15, 0.2) is 0 Å². The topological polar surface area (TPSA) is 83.7 Å². The Labute approximate surface area is 140 Å². The van der Waals surface area contributed by atoms with E-state index in [4.69, 9.17) is 38.4 Å². The van der Waals surface area contributed by atoms with E-state index in [2.05, 4.69) is 9.72 Å². The molecular formula is C14H11Cl2FN2O4. The second-order valence-electron chi connectivity index (χ2n) is 4.24. The van der Waals surface area contributed by atoms with Crippen LogP contribution in [0.5, 0.6) is 11.6 Å². The standard InChI is InChI=1S/C14H11Cl2FN2O4/c1-21-11-3-6(8(17)4-7(11)15)10-5-9(18)12(16)13(19-10)23-14(20)22-2/h3-5H,1-2H3,(H2,18,19). The number of aromatic nitrogens is 1. The Morgan fingerprint density at radius 1 is 1.26 bits per heavy atom. The zero-order valence-electron chi connectivity index (χ0n) is 12.0. The first-order valence-corrected chi connectivity index (χ1v) is 6.88. The lowest BCUT2D eigenvalue weighted by Crippen LogP contribution is -2.10. The van der Waals surface area contributed by atoms with E-state index in [0.29, 0.717) is 0 Å². The molecule has 0 spiro atoms. The fraction of sp³-hybridized carbons (Fsp3) is 0.143. The third-order valence-electron chi connectivity index (χ3n) is 2.82. The number of pyridine rings is 1. The smallest absolute Gasteiger partial charge is 0.495 e. The van der Waals surface area contributed by atoms with Crippen molar-refractivity contribution in [3.05, 3.63) is 34.1 Å². The Bertz CT molecular complexity index is 771. The molecule has 9 heteroatoms. The predicted molar refractivity (Wildman–Crippen MR) is 83.6 cm³/mol. The summed E-state index contributed by atoms with van der Waals surface area (Å²) in [5, 5.41) is 0.00204. The number of nitrogen functional groups attached to an aromatic ring is 1. The Balaban J connectivity index is 2.58. The second kappa shape index (κ2) is 6.89. The van der Waals surface area contributed by atoms with Crippen molar-refractivity contribution < 1.29 is 23.4 Å². The minimum absolute atomic E-state index is 0.0453. The molecule has 1 aromatic heterocycles. The molecule has 6 nitrogen and oxygen atoms in total. The van der Waals surface area contributed by atoms with Gasteiger partial charge in [-0.25, -0.2) is 14.2 Å². The molecule has 0 aliphatic carbocycles. The highest BCUT2D eigenvalue weighted by Gasteiger charge is 2.18. The van der Waals surface area contributed by atoms with Gasteiger partial charge in [0.05, 0.1) is 30.6 Å². The number of nitrogens with zero attached hydrogens (tertiary/aromatic N) is 1. The van der Waals surface area contributed by atoms with Crippen LogP contribution in [-0.4, -0.2) is 25.4 Å². The first kappa shape index (κ1) is 17.1. The molecule has 2 aromatic rings. The Hall–Kier alpha value is -2.25. The van der Waals surface area contributed by atoms with Crippen LogP contribution in [0.2, 0.25) is 10.0 Å². The van der Waals surface area contributed by atoms with E-state index in [1.165, 1.54) is 19.2 Å². The number of rotatable bonds is 3. The molecule has 122 valence electrons. The van der Waals surface area contributed by atoms with Crippen molar-refractivity contribution in [3.8, 4) is 22.9 Å². The number of benzene rings is 1. The summed E-state index contributed by atoms with van der Waals surface area (Å²) in [7, 11) is 2.51. The van der Waals surface area contributed by atoms with Crippen molar-refractivity contribution in [2.24, 2.45) is 0 Å². The molecule has 0 saturated heterocycles. The second-order valence-corrected chi connectivity index (χ2v) is 5.02. The van der Waals surface area contributed by atoms with E-state index in [1.54, 1.807) is 0 Å². The van der Waals surface area contributed by atoms with Crippen molar-refractivity contribution in [2.75, 3.05) is 20.0 Å². The lowest BCUT2D eigenvalue weighted by Gasteiger charge is -2.11. The van der Waals surface area contributed by atoms with Crippen LogP contribution in [0.25, 0.3) is 11.3 Å². The number of methoxy groups -OCH3 is 2. The van der Waals surface area contributed by atoms with Crippen molar-refractivity contribution in [1.82, 2.24) is 4.98 Å². The molecular weight excluding hydrogens is 350 g/mol. The molecule has 0 radical (unpaired) electrons. The zero-order chi connectivity index (χ0) is 17.1. The number of hydrogen-bond donors (Lipinski definition) is 1. The number of nitrogens with two attached hydrogens (primary N) is 1. The van der Waals surface area contributed by atoms with E-state index in [-0.39, 0.29) is 38.6 Å². The summed E-state index contributed by atoms with van der Waals surface area (Å²) < 4.78 is 28.4. The van der Waals surface area contributed by atoms with Crippen molar-refractivity contribution >= 4 is 35.0 Å². The van der Waals surface area contributed by atoms with Crippen LogP contribution in [-0.2, 0) is 4.74 Å². The molecule has 0 amide bonds. The Kier molecular flexibility index (Phi) is 5.12. The van der Waals surface area contributed by atoms with E-state index in [9.17, 15) is 9.18 Å². The third kappa shape index (κ3) is 3.57. The quantitative estimate of drug-likeness (QED) is 0.834. The average molecular weight is 361 g/mol. The molecule has 0 saturated carbocycles. The minimum Gasteiger partial charge on any atom is -0.495 e. The van der Waals surface area contributed by atoms with Gasteiger partial charge in [-0.3, -0.25) is 0 Å². The van der Waals surface area contributed by atoms with Crippen LogP contribution >= 0.6 is 23.2 Å². The summed E-state index contributed by atoms with van der Waals surface area (Å²) in [6.45, 7) is 0. The molecule has 0 fully saturated rings. The third-order valence-corrected chi connectivity index (χ3v) is 3.49. The van der Waals surface area contributed by atoms with Gasteiger partial charge in [-0.05, 0) is 18.2 Å². The molecule has 0 bridgehead atoms. The maximum absolute atomic E-state index is 14.2. The highest BCUT2D eigenvalue weighted by atomic mass is 35.5. The molecule has 1 aromatic carbocycles. The maximum Gasteiger partial charge on any atom is 0.514 e. The first-order valence-electron chi connectivity index (χ1n) is 6.12. The summed E-state index contributed by atoms with van der Waals surface area (Å²) in [6.07, 6.45) is -1.04. The predicted octanol–water partition coefficient (Wildman–Crippen LogP) is 3.93. The largest absolute Gasteiger partial charge is 0.514 e. The summed E-state index contributed by atoms with van der Waals surface area (Å²) in [5.74, 6) is -0.718. The van der Waals surface area contributed by atoms with Crippen LogP contribution in [0.15, 0.2) is 18.2 Å². The van der Waals surface area contributed by atoms with Crippen LogP contribution in [0.4, 0.5) is 14.9 Å². The lowest BCUT2D eigenvalue weighted by atomic mass is 10.1. The van der Waals surface area contributed by atoms with Gasteiger partial charge in [0.25, 0.3) is 0 Å². The Morgan fingerprint density at radius 2 is 1.96 bits per heavy atom. The summed E-state index contributed by atoms with van der Waals surface area (Å²) in [6, 6.07) is 3.75. The molecule has 1 heterocycles. The van der Waals surface area contributed by atoms with Crippen molar-refractivity contribution in [3.63, 3.8) is 0 Å². The normalized spacial score (nSPS) is 10.3. The summed E-state index contributed by atoms with van der Waals surface area (Å²) in [5.41, 5.74) is 5.92. The van der Waals surface area contributed by atoms with Gasteiger partial charge in [0, 0.05) is 5.56 Å². The zero-order valence-corrected chi connectivity index (χ0v) is 13.5. The fourth-order valence-corrected chi connectivity index (χ4v) is 2.10. The number of halogens is 3. The molecule has 0 atom stereocenters. The van der Waals surface area contributed by atoms with Crippen molar-refractivity contribution in [1.29, 1.82) is 0 Å². The van der Waals surface area contributed by atoms with Crippen LogP contribution < -0.4 is 15.2 Å². The number of anilines is 1.